The molecule has 33 heavy (non-hydrogen) atoms. The van der Waals surface area contributed by atoms with Crippen molar-refractivity contribution in [3.8, 4) is 0 Å². The standard InChI is InChI=1S/C19H15F4N9O/c20-13-6-2-5-12(19(21,22)23)11(13)7-25-17-10-4-1-3-9(16(24)33)15(10)27-18(28-17)26-8-14-29-31-32-30-14/h1-6H,7-8H2,(H2,24,33)(H2,25,26,27,28)(H,29,30,31,32). The van der Waals surface area contributed by atoms with E-state index in [4.69, 9.17) is 5.73 Å². The van der Waals surface area contributed by atoms with E-state index in [1.54, 1.807) is 6.07 Å². The largest absolute Gasteiger partial charge is 0.416 e. The molecule has 2 heterocycles. The van der Waals surface area contributed by atoms with E-state index in [1.807, 2.05) is 0 Å². The Morgan fingerprint density at radius 1 is 1.06 bits per heavy atom. The molecule has 0 bridgehead atoms. The van der Waals surface area contributed by atoms with Crippen molar-refractivity contribution < 1.29 is 22.4 Å². The molecule has 0 aliphatic rings. The van der Waals surface area contributed by atoms with E-state index in [9.17, 15) is 22.4 Å². The minimum Gasteiger partial charge on any atom is -0.366 e. The average molecular weight is 461 g/mol. The number of carbonyl (C=O) groups is 1. The molecule has 0 aliphatic carbocycles. The second-order valence-corrected chi connectivity index (χ2v) is 6.76. The number of nitrogens with two attached hydrogens (primary N) is 1. The van der Waals surface area contributed by atoms with Crippen LogP contribution in [0.15, 0.2) is 36.4 Å². The molecule has 0 saturated carbocycles. The van der Waals surface area contributed by atoms with Crippen LogP contribution in [0.4, 0.5) is 29.3 Å². The van der Waals surface area contributed by atoms with Crippen LogP contribution >= 0.6 is 0 Å². The van der Waals surface area contributed by atoms with E-state index in [1.165, 1.54) is 12.1 Å². The van der Waals surface area contributed by atoms with E-state index in [0.717, 1.165) is 18.2 Å². The molecule has 5 N–H and O–H groups in total. The Labute approximate surface area is 182 Å². The highest BCUT2D eigenvalue weighted by molar-refractivity contribution is 6.07. The maximum absolute atomic E-state index is 14.3. The van der Waals surface area contributed by atoms with Crippen LogP contribution in [0.2, 0.25) is 0 Å². The topological polar surface area (TPSA) is 147 Å². The van der Waals surface area contributed by atoms with Gasteiger partial charge in [-0.2, -0.15) is 23.4 Å². The summed E-state index contributed by atoms with van der Waals surface area (Å²) in [6.07, 6.45) is -4.75. The predicted molar refractivity (Wildman–Crippen MR) is 108 cm³/mol. The first kappa shape index (κ1) is 21.9. The van der Waals surface area contributed by atoms with E-state index in [2.05, 4.69) is 41.2 Å². The maximum atomic E-state index is 14.3. The van der Waals surface area contributed by atoms with E-state index >= 15 is 0 Å². The molecule has 2 aromatic heterocycles. The highest BCUT2D eigenvalue weighted by Gasteiger charge is 2.34. The lowest BCUT2D eigenvalue weighted by atomic mass is 10.1. The number of benzene rings is 2. The second kappa shape index (κ2) is 8.64. The van der Waals surface area contributed by atoms with Gasteiger partial charge in [0.1, 0.15) is 11.6 Å². The molecule has 0 radical (unpaired) electrons. The number of nitrogens with zero attached hydrogens (tertiary/aromatic N) is 5. The molecule has 4 rings (SSSR count). The molecule has 14 heteroatoms. The van der Waals surface area contributed by atoms with Crippen LogP contribution in [0.1, 0.15) is 27.3 Å². The predicted octanol–water partition coefficient (Wildman–Crippen LogP) is 2.62. The smallest absolute Gasteiger partial charge is 0.366 e. The van der Waals surface area contributed by atoms with Crippen molar-refractivity contribution in [2.75, 3.05) is 10.6 Å². The first-order valence-electron chi connectivity index (χ1n) is 9.39. The van der Waals surface area contributed by atoms with Crippen molar-refractivity contribution in [1.29, 1.82) is 0 Å². The number of primary amides is 1. The van der Waals surface area contributed by atoms with Crippen LogP contribution in [0.5, 0.6) is 0 Å². The summed E-state index contributed by atoms with van der Waals surface area (Å²) in [5, 5.41) is 19.1. The number of carbonyl (C=O) groups excluding carboxylic acids is 1. The Hall–Kier alpha value is -4.36. The number of fused-ring (bicyclic) bond motifs is 1. The lowest BCUT2D eigenvalue weighted by molar-refractivity contribution is -0.138. The highest BCUT2D eigenvalue weighted by Crippen LogP contribution is 2.34. The number of hydrogen-bond acceptors (Lipinski definition) is 8. The molecule has 2 aromatic carbocycles. The van der Waals surface area contributed by atoms with E-state index < -0.39 is 35.6 Å². The van der Waals surface area contributed by atoms with Crippen molar-refractivity contribution >= 4 is 28.6 Å². The van der Waals surface area contributed by atoms with Gasteiger partial charge in [-0.1, -0.05) is 17.3 Å². The molecule has 10 nitrogen and oxygen atoms in total. The summed E-state index contributed by atoms with van der Waals surface area (Å²) >= 11 is 0. The van der Waals surface area contributed by atoms with Gasteiger partial charge in [-0.25, -0.2) is 9.37 Å². The number of H-pyrrole nitrogens is 1. The Morgan fingerprint density at radius 3 is 2.55 bits per heavy atom. The summed E-state index contributed by atoms with van der Waals surface area (Å²) in [4.78, 5) is 20.4. The van der Waals surface area contributed by atoms with Gasteiger partial charge >= 0.3 is 6.18 Å². The van der Waals surface area contributed by atoms with Crippen molar-refractivity contribution in [3.05, 3.63) is 64.7 Å². The number of halogens is 4. The normalized spacial score (nSPS) is 11.5. The number of amides is 1. The molecule has 0 unspecified atom stereocenters. The number of para-hydroxylation sites is 1. The van der Waals surface area contributed by atoms with Crippen LogP contribution in [-0.2, 0) is 19.3 Å². The molecular formula is C19H15F4N9O. The average Bonchev–Trinajstić information content (AvgIpc) is 3.29. The molecular weight excluding hydrogens is 446 g/mol. The molecule has 0 fully saturated rings. The summed E-state index contributed by atoms with van der Waals surface area (Å²) in [6.45, 7) is -0.468. The number of aromatic nitrogens is 6. The number of tetrazole rings is 1. The lowest BCUT2D eigenvalue weighted by Crippen LogP contribution is -2.16. The molecule has 0 atom stereocenters. The van der Waals surface area contributed by atoms with E-state index in [0.29, 0.717) is 5.39 Å². The number of alkyl halides is 3. The zero-order valence-corrected chi connectivity index (χ0v) is 16.6. The Morgan fingerprint density at radius 2 is 1.85 bits per heavy atom. The van der Waals surface area contributed by atoms with Crippen molar-refractivity contribution in [2.45, 2.75) is 19.3 Å². The number of hydrogen-bond donors (Lipinski definition) is 4. The van der Waals surface area contributed by atoms with Gasteiger partial charge < -0.3 is 16.4 Å². The second-order valence-electron chi connectivity index (χ2n) is 6.76. The fourth-order valence-electron chi connectivity index (χ4n) is 3.16. The van der Waals surface area contributed by atoms with Crippen LogP contribution in [0, 0.1) is 5.82 Å². The van der Waals surface area contributed by atoms with Crippen molar-refractivity contribution in [3.63, 3.8) is 0 Å². The monoisotopic (exact) mass is 461 g/mol. The van der Waals surface area contributed by atoms with Gasteiger partial charge in [0.2, 0.25) is 5.95 Å². The number of anilines is 2. The summed E-state index contributed by atoms with van der Waals surface area (Å²) < 4.78 is 54.3. The number of nitrogens with one attached hydrogen (secondary N) is 3. The Balaban J connectivity index is 1.74. The molecule has 0 aliphatic heterocycles. The quantitative estimate of drug-likeness (QED) is 0.307. The first-order chi connectivity index (χ1) is 15.7. The third-order valence-corrected chi connectivity index (χ3v) is 4.64. The molecule has 170 valence electrons. The Bertz CT molecular complexity index is 1310. The zero-order valence-electron chi connectivity index (χ0n) is 16.6. The highest BCUT2D eigenvalue weighted by atomic mass is 19.4. The molecule has 1 amide bonds. The molecule has 0 spiro atoms. The summed E-state index contributed by atoms with van der Waals surface area (Å²) in [5.41, 5.74) is 3.97. The van der Waals surface area contributed by atoms with Crippen LogP contribution in [-0.4, -0.2) is 36.5 Å². The third-order valence-electron chi connectivity index (χ3n) is 4.64. The van der Waals surface area contributed by atoms with Gasteiger partial charge in [0.25, 0.3) is 5.91 Å². The van der Waals surface area contributed by atoms with Gasteiger partial charge in [-0.05, 0) is 24.3 Å². The van der Waals surface area contributed by atoms with Crippen LogP contribution in [0.3, 0.4) is 0 Å². The number of aromatic amines is 1. The first-order valence-corrected chi connectivity index (χ1v) is 9.39. The molecule has 0 saturated heterocycles. The zero-order chi connectivity index (χ0) is 23.6. The fourth-order valence-corrected chi connectivity index (χ4v) is 3.16. The van der Waals surface area contributed by atoms with Crippen LogP contribution in [0.25, 0.3) is 10.9 Å². The van der Waals surface area contributed by atoms with Crippen molar-refractivity contribution in [2.24, 2.45) is 5.73 Å². The van der Waals surface area contributed by atoms with Gasteiger partial charge in [-0.3, -0.25) is 4.79 Å². The summed E-state index contributed by atoms with van der Waals surface area (Å²) in [6, 6.07) is 7.24. The maximum Gasteiger partial charge on any atom is 0.416 e. The minimum absolute atomic E-state index is 0.00748. The van der Waals surface area contributed by atoms with Gasteiger partial charge in [0, 0.05) is 17.5 Å². The molecule has 4 aromatic rings. The summed E-state index contributed by atoms with van der Waals surface area (Å²) in [7, 11) is 0. The third kappa shape index (κ3) is 4.63. The Kier molecular flexibility index (Phi) is 5.72. The van der Waals surface area contributed by atoms with E-state index in [-0.39, 0.29) is 35.2 Å². The lowest BCUT2D eigenvalue weighted by Gasteiger charge is -2.16. The number of rotatable bonds is 7. The SMILES string of the molecule is NC(=O)c1cccc2c(NCc3c(F)cccc3C(F)(F)F)nc(NCc3nn[nH]n3)nc12. The fraction of sp³-hybridized carbons (Fsp3) is 0.158. The van der Waals surface area contributed by atoms with Gasteiger partial charge in [0.15, 0.2) is 5.82 Å². The van der Waals surface area contributed by atoms with Gasteiger partial charge in [-0.15, -0.1) is 10.2 Å². The van der Waals surface area contributed by atoms with Crippen LogP contribution < -0.4 is 16.4 Å². The summed E-state index contributed by atoms with van der Waals surface area (Å²) in [5.74, 6) is -1.42. The van der Waals surface area contributed by atoms with Gasteiger partial charge in [0.05, 0.1) is 23.2 Å². The minimum atomic E-state index is -4.75. The van der Waals surface area contributed by atoms with Crippen molar-refractivity contribution in [1.82, 2.24) is 30.6 Å².